The van der Waals surface area contributed by atoms with Crippen LogP contribution in [0.4, 0.5) is 0 Å². The maximum absolute atomic E-state index is 5.41. The first-order valence-corrected chi connectivity index (χ1v) is 8.10. The number of ether oxygens (including phenoxy) is 1. The van der Waals surface area contributed by atoms with Crippen molar-refractivity contribution in [1.82, 2.24) is 19.9 Å². The van der Waals surface area contributed by atoms with Gasteiger partial charge in [0.2, 0.25) is 4.77 Å². The SMILES string of the molecule is COc1ccccc1-c1n[nH]c(=S)n1N=Cc1c[nH]c2ccccc12. The number of hydrogen-bond donors (Lipinski definition) is 2. The van der Waals surface area contributed by atoms with E-state index in [0.717, 1.165) is 22.0 Å². The lowest BCUT2D eigenvalue weighted by Crippen LogP contribution is -1.97. The maximum Gasteiger partial charge on any atom is 0.216 e. The smallest absolute Gasteiger partial charge is 0.216 e. The second kappa shape index (κ2) is 6.37. The molecule has 4 rings (SSSR count). The molecule has 0 fully saturated rings. The lowest BCUT2D eigenvalue weighted by Gasteiger charge is -2.06. The first-order chi connectivity index (χ1) is 12.3. The highest BCUT2D eigenvalue weighted by Crippen LogP contribution is 2.28. The molecule has 0 aliphatic carbocycles. The van der Waals surface area contributed by atoms with Crippen LogP contribution in [0, 0.1) is 4.77 Å². The standard InChI is InChI=1S/C18H15N5OS/c1-24-16-9-5-3-7-14(16)17-21-22-18(25)23(17)20-11-12-10-19-15-8-4-2-6-13(12)15/h2-11,19H,1H3,(H,22,25). The molecule has 2 heterocycles. The highest BCUT2D eigenvalue weighted by atomic mass is 32.1. The third-order valence-electron chi connectivity index (χ3n) is 3.93. The van der Waals surface area contributed by atoms with Gasteiger partial charge in [0, 0.05) is 22.7 Å². The maximum atomic E-state index is 5.41. The van der Waals surface area contributed by atoms with Gasteiger partial charge >= 0.3 is 0 Å². The first-order valence-electron chi connectivity index (χ1n) is 7.69. The molecule has 0 atom stereocenters. The second-order valence-corrected chi connectivity index (χ2v) is 5.79. The minimum absolute atomic E-state index is 0.414. The average molecular weight is 349 g/mol. The van der Waals surface area contributed by atoms with Gasteiger partial charge in [0.25, 0.3) is 0 Å². The molecule has 4 aromatic rings. The molecule has 0 bridgehead atoms. The Balaban J connectivity index is 1.79. The molecule has 2 aromatic carbocycles. The summed E-state index contributed by atoms with van der Waals surface area (Å²) in [5.41, 5.74) is 2.85. The Morgan fingerprint density at radius 2 is 1.96 bits per heavy atom. The Bertz CT molecular complexity index is 1120. The van der Waals surface area contributed by atoms with E-state index < -0.39 is 0 Å². The summed E-state index contributed by atoms with van der Waals surface area (Å²) in [5, 5.41) is 12.7. The Kier molecular flexibility index (Phi) is 3.91. The number of nitrogens with zero attached hydrogens (tertiary/aromatic N) is 3. The van der Waals surface area contributed by atoms with Crippen LogP contribution in [-0.4, -0.2) is 33.2 Å². The van der Waals surface area contributed by atoms with Crippen molar-refractivity contribution in [1.29, 1.82) is 0 Å². The van der Waals surface area contributed by atoms with Gasteiger partial charge in [-0.25, -0.2) is 5.10 Å². The van der Waals surface area contributed by atoms with Crippen molar-refractivity contribution in [2.24, 2.45) is 5.10 Å². The fourth-order valence-electron chi connectivity index (χ4n) is 2.72. The van der Waals surface area contributed by atoms with E-state index in [4.69, 9.17) is 17.0 Å². The van der Waals surface area contributed by atoms with Crippen LogP contribution >= 0.6 is 12.2 Å². The summed E-state index contributed by atoms with van der Waals surface area (Å²) < 4.78 is 7.42. The number of para-hydroxylation sites is 2. The van der Waals surface area contributed by atoms with Gasteiger partial charge in [-0.15, -0.1) is 0 Å². The topological polar surface area (TPSA) is 71.0 Å². The molecule has 6 nitrogen and oxygen atoms in total. The van der Waals surface area contributed by atoms with Crippen LogP contribution in [0.3, 0.4) is 0 Å². The third-order valence-corrected chi connectivity index (χ3v) is 4.20. The minimum Gasteiger partial charge on any atom is -0.496 e. The summed E-state index contributed by atoms with van der Waals surface area (Å²) in [5.74, 6) is 1.30. The fraction of sp³-hybridized carbons (Fsp3) is 0.0556. The second-order valence-electron chi connectivity index (χ2n) is 5.40. The largest absolute Gasteiger partial charge is 0.496 e. The molecular weight excluding hydrogens is 334 g/mol. The van der Waals surface area contributed by atoms with E-state index in [-0.39, 0.29) is 0 Å². The van der Waals surface area contributed by atoms with Crippen molar-refractivity contribution >= 4 is 29.3 Å². The summed E-state index contributed by atoms with van der Waals surface area (Å²) >= 11 is 5.33. The molecule has 0 aliphatic heterocycles. The molecule has 0 saturated heterocycles. The zero-order chi connectivity index (χ0) is 17.2. The Hall–Kier alpha value is -3.19. The fourth-order valence-corrected chi connectivity index (χ4v) is 2.90. The van der Waals surface area contributed by atoms with Gasteiger partial charge in [0.15, 0.2) is 5.82 Å². The first kappa shape index (κ1) is 15.3. The number of rotatable bonds is 4. The molecule has 0 aliphatic rings. The Morgan fingerprint density at radius 3 is 2.84 bits per heavy atom. The lowest BCUT2D eigenvalue weighted by molar-refractivity contribution is 0.416. The summed E-state index contributed by atoms with van der Waals surface area (Å²) in [7, 11) is 1.62. The number of aromatic amines is 2. The molecule has 0 spiro atoms. The van der Waals surface area contributed by atoms with Crippen molar-refractivity contribution in [3.63, 3.8) is 0 Å². The number of nitrogens with one attached hydrogen (secondary N) is 2. The minimum atomic E-state index is 0.414. The molecule has 0 unspecified atom stereocenters. The molecule has 0 saturated carbocycles. The van der Waals surface area contributed by atoms with E-state index in [0.29, 0.717) is 16.3 Å². The molecule has 2 N–H and O–H groups in total. The molecule has 124 valence electrons. The highest BCUT2D eigenvalue weighted by molar-refractivity contribution is 7.71. The molecule has 25 heavy (non-hydrogen) atoms. The predicted octanol–water partition coefficient (Wildman–Crippen LogP) is 3.98. The van der Waals surface area contributed by atoms with E-state index in [1.165, 1.54) is 0 Å². The summed E-state index contributed by atoms with van der Waals surface area (Å²) in [4.78, 5) is 3.23. The molecule has 2 aromatic heterocycles. The lowest BCUT2D eigenvalue weighted by atomic mass is 10.2. The normalized spacial score (nSPS) is 11.4. The Labute approximate surface area is 148 Å². The van der Waals surface area contributed by atoms with Crippen LogP contribution < -0.4 is 4.74 Å². The number of fused-ring (bicyclic) bond motifs is 1. The number of methoxy groups -OCH3 is 1. The number of H-pyrrole nitrogens is 2. The zero-order valence-corrected chi connectivity index (χ0v) is 14.2. The van der Waals surface area contributed by atoms with Crippen LogP contribution in [0.25, 0.3) is 22.3 Å². The van der Waals surface area contributed by atoms with E-state index in [2.05, 4.69) is 20.3 Å². The molecule has 0 amide bonds. The number of benzene rings is 2. The van der Waals surface area contributed by atoms with Crippen molar-refractivity contribution in [3.05, 3.63) is 65.1 Å². The van der Waals surface area contributed by atoms with Gasteiger partial charge in [0.05, 0.1) is 18.9 Å². The van der Waals surface area contributed by atoms with E-state index in [9.17, 15) is 0 Å². The summed E-state index contributed by atoms with van der Waals surface area (Å²) in [6, 6.07) is 15.7. The monoisotopic (exact) mass is 349 g/mol. The summed E-state index contributed by atoms with van der Waals surface area (Å²) in [6.45, 7) is 0. The highest BCUT2D eigenvalue weighted by Gasteiger charge is 2.13. The van der Waals surface area contributed by atoms with E-state index in [1.54, 1.807) is 18.0 Å². The van der Waals surface area contributed by atoms with Crippen LogP contribution in [0.1, 0.15) is 5.56 Å². The van der Waals surface area contributed by atoms with Crippen LogP contribution in [0.15, 0.2) is 59.8 Å². The average Bonchev–Trinajstić information content (AvgIpc) is 3.23. The molecular formula is C18H15N5OS. The van der Waals surface area contributed by atoms with Crippen molar-refractivity contribution in [3.8, 4) is 17.1 Å². The summed E-state index contributed by atoms with van der Waals surface area (Å²) in [6.07, 6.45) is 3.68. The van der Waals surface area contributed by atoms with Crippen molar-refractivity contribution in [2.75, 3.05) is 7.11 Å². The third kappa shape index (κ3) is 2.74. The van der Waals surface area contributed by atoms with Gasteiger partial charge < -0.3 is 9.72 Å². The van der Waals surface area contributed by atoms with Crippen LogP contribution in [0.5, 0.6) is 5.75 Å². The van der Waals surface area contributed by atoms with E-state index >= 15 is 0 Å². The van der Waals surface area contributed by atoms with Crippen molar-refractivity contribution < 1.29 is 4.74 Å². The van der Waals surface area contributed by atoms with Gasteiger partial charge in [-0.2, -0.15) is 14.9 Å². The zero-order valence-electron chi connectivity index (χ0n) is 13.4. The van der Waals surface area contributed by atoms with Gasteiger partial charge in [-0.1, -0.05) is 30.3 Å². The predicted molar refractivity (Wildman–Crippen MR) is 101 cm³/mol. The number of aromatic nitrogens is 4. The van der Waals surface area contributed by atoms with Crippen LogP contribution in [-0.2, 0) is 0 Å². The van der Waals surface area contributed by atoms with Gasteiger partial charge in [0.1, 0.15) is 5.75 Å². The van der Waals surface area contributed by atoms with Gasteiger partial charge in [-0.3, -0.25) is 0 Å². The van der Waals surface area contributed by atoms with Crippen molar-refractivity contribution in [2.45, 2.75) is 0 Å². The Morgan fingerprint density at radius 1 is 1.16 bits per heavy atom. The molecule has 0 radical (unpaired) electrons. The number of hydrogen-bond acceptors (Lipinski definition) is 4. The van der Waals surface area contributed by atoms with Gasteiger partial charge in [-0.05, 0) is 30.4 Å². The molecule has 7 heteroatoms. The van der Waals surface area contributed by atoms with Crippen LogP contribution in [0.2, 0.25) is 0 Å². The quantitative estimate of drug-likeness (QED) is 0.432. The van der Waals surface area contributed by atoms with E-state index in [1.807, 2.05) is 54.7 Å².